The number of amides is 2. The Kier molecular flexibility index (Phi) is 7.49. The van der Waals surface area contributed by atoms with Gasteiger partial charge >= 0.3 is 0 Å². The number of allylic oxidation sites excluding steroid dienone is 3. The van der Waals surface area contributed by atoms with E-state index in [1.165, 1.54) is 11.0 Å². The topological polar surface area (TPSA) is 128 Å². The fraction of sp³-hybridized carbons (Fsp3) is 0.423. The fourth-order valence-corrected chi connectivity index (χ4v) is 4.41. The minimum atomic E-state index is -0.828. The molecule has 182 valence electrons. The van der Waals surface area contributed by atoms with Gasteiger partial charge in [-0.05, 0) is 54.0 Å². The summed E-state index contributed by atoms with van der Waals surface area (Å²) in [4.78, 5) is 31.4. The van der Waals surface area contributed by atoms with E-state index in [9.17, 15) is 19.8 Å². The Hall–Kier alpha value is -3.55. The van der Waals surface area contributed by atoms with Gasteiger partial charge in [-0.25, -0.2) is 4.99 Å². The van der Waals surface area contributed by atoms with Crippen molar-refractivity contribution in [3.05, 3.63) is 70.7 Å². The lowest BCUT2D eigenvalue weighted by Crippen LogP contribution is -2.43. The Morgan fingerprint density at radius 2 is 2.00 bits per heavy atom. The highest BCUT2D eigenvalue weighted by Crippen LogP contribution is 2.30. The molecular weight excluding hydrogens is 432 g/mol. The molecule has 34 heavy (non-hydrogen) atoms. The molecule has 1 aromatic rings. The summed E-state index contributed by atoms with van der Waals surface area (Å²) in [6, 6.07) is 7.63. The van der Waals surface area contributed by atoms with Crippen molar-refractivity contribution < 1.29 is 19.8 Å². The normalized spacial score (nSPS) is 20.5. The maximum atomic E-state index is 13.0. The van der Waals surface area contributed by atoms with E-state index in [0.717, 1.165) is 16.7 Å². The monoisotopic (exact) mass is 466 g/mol. The predicted octanol–water partition coefficient (Wildman–Crippen LogP) is 3.76. The van der Waals surface area contributed by atoms with Gasteiger partial charge in [-0.15, -0.1) is 0 Å². The highest BCUT2D eigenvalue weighted by molar-refractivity contribution is 6.06. The first-order chi connectivity index (χ1) is 16.0. The molecule has 3 rings (SSSR count). The molecule has 8 heteroatoms. The van der Waals surface area contributed by atoms with E-state index >= 15 is 0 Å². The van der Waals surface area contributed by atoms with E-state index in [0.29, 0.717) is 43.8 Å². The summed E-state index contributed by atoms with van der Waals surface area (Å²) in [5, 5.41) is 22.1. The van der Waals surface area contributed by atoms with Gasteiger partial charge in [-0.3, -0.25) is 14.5 Å². The summed E-state index contributed by atoms with van der Waals surface area (Å²) < 4.78 is 0. The van der Waals surface area contributed by atoms with Crippen molar-refractivity contribution in [1.29, 1.82) is 0 Å². The van der Waals surface area contributed by atoms with Gasteiger partial charge in [0.25, 0.3) is 5.91 Å². The van der Waals surface area contributed by atoms with E-state index in [-0.39, 0.29) is 35.7 Å². The Labute approximate surface area is 200 Å². The molecule has 1 aliphatic carbocycles. The van der Waals surface area contributed by atoms with Crippen LogP contribution in [0.3, 0.4) is 0 Å². The molecule has 1 unspecified atom stereocenters. The first-order valence-corrected chi connectivity index (χ1v) is 11.5. The van der Waals surface area contributed by atoms with Crippen molar-refractivity contribution in [2.45, 2.75) is 65.1 Å². The molecule has 0 radical (unpaired) electrons. The zero-order valence-electron chi connectivity index (χ0n) is 20.1. The second-order valence-corrected chi connectivity index (χ2v) is 9.61. The van der Waals surface area contributed by atoms with Crippen LogP contribution in [0.25, 0.3) is 0 Å². The predicted molar refractivity (Wildman–Crippen MR) is 132 cm³/mol. The van der Waals surface area contributed by atoms with Crippen molar-refractivity contribution in [1.82, 2.24) is 10.2 Å². The molecule has 0 fully saturated rings. The molecular formula is C26H34N4O4. The quantitative estimate of drug-likeness (QED) is 0.441. The van der Waals surface area contributed by atoms with Crippen LogP contribution in [0, 0.1) is 5.92 Å². The number of carbonyl (C=O) groups is 2. The average molecular weight is 467 g/mol. The number of carbonyl (C=O) groups excluding carboxylic acids is 2. The fourth-order valence-electron chi connectivity index (χ4n) is 4.41. The summed E-state index contributed by atoms with van der Waals surface area (Å²) in [7, 11) is 0. The van der Waals surface area contributed by atoms with Crippen molar-refractivity contribution in [3.63, 3.8) is 0 Å². The van der Waals surface area contributed by atoms with E-state index in [1.807, 2.05) is 31.2 Å². The number of aliphatic hydroxyl groups is 2. The number of rotatable bonds is 9. The molecule has 0 aromatic heterocycles. The van der Waals surface area contributed by atoms with Crippen LogP contribution < -0.4 is 11.1 Å². The lowest BCUT2D eigenvalue weighted by atomic mass is 9.91. The first kappa shape index (κ1) is 25.1. The molecule has 1 heterocycles. The van der Waals surface area contributed by atoms with Crippen LogP contribution >= 0.6 is 0 Å². The lowest BCUT2D eigenvalue weighted by molar-refractivity contribution is -0.131. The van der Waals surface area contributed by atoms with Crippen molar-refractivity contribution in [3.8, 4) is 0 Å². The minimum absolute atomic E-state index is 0.0471. The molecule has 0 saturated carbocycles. The van der Waals surface area contributed by atoms with Gasteiger partial charge in [0.15, 0.2) is 11.7 Å². The number of aliphatic imine (C=N–C) groups is 1. The summed E-state index contributed by atoms with van der Waals surface area (Å²) in [5.74, 6) is 0.0430. The van der Waals surface area contributed by atoms with Gasteiger partial charge in [-0.1, -0.05) is 44.7 Å². The summed E-state index contributed by atoms with van der Waals surface area (Å²) in [6.45, 7) is 10.5. The second kappa shape index (κ2) is 10.2. The van der Waals surface area contributed by atoms with Crippen LogP contribution in [0.5, 0.6) is 0 Å². The number of hydrogen-bond acceptors (Lipinski definition) is 6. The van der Waals surface area contributed by atoms with E-state index in [1.54, 1.807) is 0 Å². The Balaban J connectivity index is 1.56. The molecule has 1 aliphatic heterocycles. The van der Waals surface area contributed by atoms with Crippen LogP contribution in [0.1, 0.15) is 57.6 Å². The maximum absolute atomic E-state index is 13.0. The molecule has 0 spiro atoms. The number of nitrogens with two attached hydrogens (primary N) is 1. The van der Waals surface area contributed by atoms with Gasteiger partial charge in [-0.2, -0.15) is 0 Å². The SMILES string of the molecule is C=C(CC(=O)NCc1cccc(CN2C(=O)C(C)(CC(C)C)N=C2N)c1)C1=CC(O)=C(O)CC1. The third-order valence-electron chi connectivity index (χ3n) is 6.04. The maximum Gasteiger partial charge on any atom is 0.257 e. The molecule has 5 N–H and O–H groups in total. The number of guanidine groups is 1. The van der Waals surface area contributed by atoms with Crippen LogP contribution in [-0.4, -0.2) is 38.4 Å². The Bertz CT molecular complexity index is 1090. The molecule has 8 nitrogen and oxygen atoms in total. The van der Waals surface area contributed by atoms with E-state index in [2.05, 4.69) is 30.7 Å². The zero-order chi connectivity index (χ0) is 25.0. The standard InChI is InChI=1S/C26H34N4O4/c1-16(2)13-26(4)24(34)30(25(27)29-26)15-19-7-5-6-18(11-19)14-28-23(33)10-17(3)20-8-9-21(31)22(32)12-20/h5-7,11-12,16,31-32H,3,8-10,13-15H2,1-2,4H3,(H2,27,29)(H,28,33). The second-order valence-electron chi connectivity index (χ2n) is 9.61. The lowest BCUT2D eigenvalue weighted by Gasteiger charge is -2.23. The van der Waals surface area contributed by atoms with Gasteiger partial charge in [0.2, 0.25) is 5.91 Å². The summed E-state index contributed by atoms with van der Waals surface area (Å²) >= 11 is 0. The largest absolute Gasteiger partial charge is 0.508 e. The van der Waals surface area contributed by atoms with Crippen LogP contribution in [0.15, 0.2) is 64.6 Å². The molecule has 2 aliphatic rings. The summed E-state index contributed by atoms with van der Waals surface area (Å²) in [6.07, 6.45) is 3.05. The molecule has 1 atom stereocenters. The number of hydrogen-bond donors (Lipinski definition) is 4. The molecule has 0 bridgehead atoms. The molecule has 1 aromatic carbocycles. The van der Waals surface area contributed by atoms with Crippen molar-refractivity contribution in [2.75, 3.05) is 0 Å². The van der Waals surface area contributed by atoms with Gasteiger partial charge in [0.05, 0.1) is 13.0 Å². The number of aliphatic hydroxyl groups excluding tert-OH is 2. The molecule has 0 saturated heterocycles. The van der Waals surface area contributed by atoms with Crippen LogP contribution in [0.2, 0.25) is 0 Å². The first-order valence-electron chi connectivity index (χ1n) is 11.5. The highest BCUT2D eigenvalue weighted by atomic mass is 16.3. The smallest absolute Gasteiger partial charge is 0.257 e. The number of nitrogens with zero attached hydrogens (tertiary/aromatic N) is 2. The van der Waals surface area contributed by atoms with Crippen molar-refractivity contribution >= 4 is 17.8 Å². The average Bonchev–Trinajstić information content (AvgIpc) is 2.96. The Morgan fingerprint density at radius 1 is 1.29 bits per heavy atom. The van der Waals surface area contributed by atoms with Crippen LogP contribution in [0.4, 0.5) is 0 Å². The third kappa shape index (κ3) is 5.87. The molecule has 2 amide bonds. The third-order valence-corrected chi connectivity index (χ3v) is 6.04. The van der Waals surface area contributed by atoms with Crippen LogP contribution in [-0.2, 0) is 22.7 Å². The minimum Gasteiger partial charge on any atom is -0.508 e. The van der Waals surface area contributed by atoms with Gasteiger partial charge in [0, 0.05) is 13.0 Å². The zero-order valence-corrected chi connectivity index (χ0v) is 20.1. The number of benzene rings is 1. The van der Waals surface area contributed by atoms with E-state index in [4.69, 9.17) is 5.73 Å². The van der Waals surface area contributed by atoms with Crippen molar-refractivity contribution in [2.24, 2.45) is 16.6 Å². The van der Waals surface area contributed by atoms with Gasteiger partial charge in [0.1, 0.15) is 11.3 Å². The van der Waals surface area contributed by atoms with Gasteiger partial charge < -0.3 is 21.3 Å². The Morgan fingerprint density at radius 3 is 2.68 bits per heavy atom. The number of nitrogens with one attached hydrogen (secondary N) is 1. The van der Waals surface area contributed by atoms with E-state index < -0.39 is 5.54 Å². The highest BCUT2D eigenvalue weighted by Gasteiger charge is 2.44. The summed E-state index contributed by atoms with van der Waals surface area (Å²) in [5.41, 5.74) is 8.41.